The van der Waals surface area contributed by atoms with Crippen LogP contribution in [0.15, 0.2) is 72.9 Å². The van der Waals surface area contributed by atoms with Gasteiger partial charge in [0.25, 0.3) is 0 Å². The van der Waals surface area contributed by atoms with Crippen LogP contribution in [0.3, 0.4) is 0 Å². The highest BCUT2D eigenvalue weighted by molar-refractivity contribution is 6.30. The number of imidazole rings is 1. The third-order valence-corrected chi connectivity index (χ3v) is 6.80. The van der Waals surface area contributed by atoms with Gasteiger partial charge in [-0.2, -0.15) is 0 Å². The maximum Gasteiger partial charge on any atom is 0.354 e. The molecule has 0 aliphatic carbocycles. The van der Waals surface area contributed by atoms with Crippen molar-refractivity contribution in [2.45, 2.75) is 45.8 Å². The van der Waals surface area contributed by atoms with Gasteiger partial charge in [0, 0.05) is 24.8 Å². The average molecular weight is 549 g/mol. The number of hydrogen-bond acceptors (Lipinski definition) is 5. The van der Waals surface area contributed by atoms with Gasteiger partial charge in [-0.3, -0.25) is 4.79 Å². The molecule has 2 aromatic carbocycles. The minimum absolute atomic E-state index is 0.0530. The van der Waals surface area contributed by atoms with Crippen LogP contribution >= 0.6 is 11.6 Å². The lowest BCUT2D eigenvalue weighted by Crippen LogP contribution is -2.29. The second-order valence-electron chi connectivity index (χ2n) is 9.37. The number of H-pyrrole nitrogens is 1. The Labute approximate surface area is 233 Å². The van der Waals surface area contributed by atoms with Gasteiger partial charge >= 0.3 is 5.97 Å². The predicted molar refractivity (Wildman–Crippen MR) is 151 cm³/mol. The maximum absolute atomic E-state index is 13.3. The molecule has 2 aromatic heterocycles. The van der Waals surface area contributed by atoms with E-state index >= 15 is 0 Å². The molecule has 0 radical (unpaired) electrons. The van der Waals surface area contributed by atoms with Crippen LogP contribution in [0.5, 0.6) is 0 Å². The molecular formula is C30H33ClN4O4. The molecule has 1 amide bonds. The molecule has 39 heavy (non-hydrogen) atoms. The maximum atomic E-state index is 13.3. The van der Waals surface area contributed by atoms with Crippen molar-refractivity contribution < 1.29 is 19.4 Å². The Kier molecular flexibility index (Phi) is 9.94. The van der Waals surface area contributed by atoms with E-state index in [1.165, 1.54) is 0 Å². The normalized spacial score (nSPS) is 11.8. The van der Waals surface area contributed by atoms with Crippen molar-refractivity contribution >= 4 is 29.2 Å². The number of unbranched alkanes of at least 4 members (excludes halogenated alkanes) is 1. The van der Waals surface area contributed by atoms with E-state index in [0.29, 0.717) is 35.2 Å². The monoisotopic (exact) mass is 548 g/mol. The molecule has 0 bridgehead atoms. The van der Waals surface area contributed by atoms with Crippen LogP contribution in [0, 0.1) is 5.92 Å². The van der Waals surface area contributed by atoms with Crippen LogP contribution in [0.4, 0.5) is 5.69 Å². The topological polar surface area (TPSA) is 109 Å². The Morgan fingerprint density at radius 1 is 1.08 bits per heavy atom. The first-order valence-corrected chi connectivity index (χ1v) is 13.4. The number of hydrogen-bond donors (Lipinski definition) is 3. The molecule has 0 aliphatic rings. The summed E-state index contributed by atoms with van der Waals surface area (Å²) in [7, 11) is 0. The standard InChI is InChI=1S/C30H33ClN4O4/c1-2-3-11-27-34-28(31)26(19-36)35(27)18-22-12-14-24(15-13-22)33-29(37)23(17-21-8-5-4-6-9-21)20-39-30(38)25-10-7-16-32-25/h4-10,12-16,23,32,36H,2-3,11,17-20H2,1H3,(H,33,37). The molecule has 2 heterocycles. The zero-order valence-electron chi connectivity index (χ0n) is 21.9. The van der Waals surface area contributed by atoms with Gasteiger partial charge in [0.2, 0.25) is 5.91 Å². The zero-order chi connectivity index (χ0) is 27.6. The van der Waals surface area contributed by atoms with Crippen molar-refractivity contribution in [1.82, 2.24) is 14.5 Å². The summed E-state index contributed by atoms with van der Waals surface area (Å²) in [6, 6.07) is 20.5. The second-order valence-corrected chi connectivity index (χ2v) is 9.73. The lowest BCUT2D eigenvalue weighted by atomic mass is 9.99. The molecule has 4 rings (SSSR count). The first kappa shape index (κ1) is 28.1. The first-order valence-electron chi connectivity index (χ1n) is 13.1. The molecule has 0 spiro atoms. The number of aliphatic hydroxyl groups is 1. The largest absolute Gasteiger partial charge is 0.460 e. The minimum Gasteiger partial charge on any atom is -0.460 e. The number of amides is 1. The van der Waals surface area contributed by atoms with Gasteiger partial charge < -0.3 is 24.7 Å². The van der Waals surface area contributed by atoms with Crippen LogP contribution in [0.25, 0.3) is 0 Å². The Balaban J connectivity index is 1.44. The number of halogens is 1. The fraction of sp³-hybridized carbons (Fsp3) is 0.300. The van der Waals surface area contributed by atoms with Crippen molar-refractivity contribution in [3.05, 3.63) is 106 Å². The van der Waals surface area contributed by atoms with Crippen molar-refractivity contribution in [3.63, 3.8) is 0 Å². The molecular weight excluding hydrogens is 516 g/mol. The summed E-state index contributed by atoms with van der Waals surface area (Å²) in [6.45, 7) is 2.38. The number of nitrogens with zero attached hydrogens (tertiary/aromatic N) is 2. The number of aryl methyl sites for hydroxylation is 1. The smallest absolute Gasteiger partial charge is 0.354 e. The summed E-state index contributed by atoms with van der Waals surface area (Å²) in [5, 5.41) is 13.1. The molecule has 0 saturated carbocycles. The van der Waals surface area contributed by atoms with E-state index in [2.05, 4.69) is 22.2 Å². The SMILES string of the molecule is CCCCc1nc(Cl)c(CO)n1Cc1ccc(NC(=O)C(COC(=O)c2ccc[nH]2)Cc2ccccc2)cc1. The Morgan fingerprint density at radius 3 is 2.51 bits per heavy atom. The number of nitrogens with one attached hydrogen (secondary N) is 2. The van der Waals surface area contributed by atoms with Gasteiger partial charge in [0.1, 0.15) is 18.1 Å². The first-order chi connectivity index (χ1) is 19.0. The van der Waals surface area contributed by atoms with Gasteiger partial charge in [0.15, 0.2) is 5.15 Å². The van der Waals surface area contributed by atoms with Crippen molar-refractivity contribution in [3.8, 4) is 0 Å². The molecule has 9 heteroatoms. The number of rotatable bonds is 13. The van der Waals surface area contributed by atoms with E-state index in [4.69, 9.17) is 16.3 Å². The molecule has 0 saturated heterocycles. The quantitative estimate of drug-likeness (QED) is 0.194. The molecule has 8 nitrogen and oxygen atoms in total. The number of aliphatic hydroxyl groups excluding tert-OH is 1. The number of ether oxygens (including phenoxy) is 1. The molecule has 1 atom stereocenters. The van der Waals surface area contributed by atoms with E-state index in [0.717, 1.165) is 36.2 Å². The van der Waals surface area contributed by atoms with Crippen LogP contribution in [0.2, 0.25) is 5.15 Å². The van der Waals surface area contributed by atoms with Gasteiger partial charge in [-0.15, -0.1) is 0 Å². The Hall–Kier alpha value is -3.88. The number of carbonyl (C=O) groups excluding carboxylic acids is 2. The molecule has 204 valence electrons. The zero-order valence-corrected chi connectivity index (χ0v) is 22.7. The highest BCUT2D eigenvalue weighted by Gasteiger charge is 2.22. The summed E-state index contributed by atoms with van der Waals surface area (Å²) < 4.78 is 7.42. The lowest BCUT2D eigenvalue weighted by molar-refractivity contribution is -0.121. The van der Waals surface area contributed by atoms with Crippen LogP contribution in [-0.4, -0.2) is 38.1 Å². The predicted octanol–water partition coefficient (Wildman–Crippen LogP) is 5.40. The van der Waals surface area contributed by atoms with E-state index in [1.54, 1.807) is 18.3 Å². The van der Waals surface area contributed by atoms with Crippen LogP contribution in [-0.2, 0) is 35.5 Å². The third kappa shape index (κ3) is 7.59. The molecule has 1 unspecified atom stereocenters. The van der Waals surface area contributed by atoms with Crippen molar-refractivity contribution in [1.29, 1.82) is 0 Å². The number of benzene rings is 2. The van der Waals surface area contributed by atoms with Crippen LogP contribution in [0.1, 0.15) is 52.9 Å². The molecule has 0 aliphatic heterocycles. The fourth-order valence-electron chi connectivity index (χ4n) is 4.33. The molecule has 0 fully saturated rings. The fourth-order valence-corrected chi connectivity index (χ4v) is 4.59. The Morgan fingerprint density at radius 2 is 1.85 bits per heavy atom. The highest BCUT2D eigenvalue weighted by atomic mass is 35.5. The average Bonchev–Trinajstić information content (AvgIpc) is 3.59. The summed E-state index contributed by atoms with van der Waals surface area (Å²) in [6.07, 6.45) is 4.86. The number of carbonyl (C=O) groups is 2. The summed E-state index contributed by atoms with van der Waals surface area (Å²) in [5.41, 5.74) is 3.52. The van der Waals surface area contributed by atoms with Gasteiger partial charge in [-0.25, -0.2) is 9.78 Å². The van der Waals surface area contributed by atoms with E-state index in [-0.39, 0.29) is 19.1 Å². The number of aromatic amines is 1. The third-order valence-electron chi connectivity index (χ3n) is 6.50. The number of anilines is 1. The van der Waals surface area contributed by atoms with Gasteiger partial charge in [0.05, 0.1) is 18.2 Å². The lowest BCUT2D eigenvalue weighted by Gasteiger charge is -2.17. The van der Waals surface area contributed by atoms with Crippen LogP contribution < -0.4 is 5.32 Å². The van der Waals surface area contributed by atoms with Crippen molar-refractivity contribution in [2.75, 3.05) is 11.9 Å². The van der Waals surface area contributed by atoms with E-state index in [1.807, 2.05) is 59.2 Å². The molecule has 3 N–H and O–H groups in total. The number of aromatic nitrogens is 3. The number of esters is 1. The van der Waals surface area contributed by atoms with Gasteiger partial charge in [-0.1, -0.05) is 67.4 Å². The van der Waals surface area contributed by atoms with Crippen molar-refractivity contribution in [2.24, 2.45) is 5.92 Å². The Bertz CT molecular complexity index is 1350. The molecule has 4 aromatic rings. The van der Waals surface area contributed by atoms with E-state index < -0.39 is 11.9 Å². The van der Waals surface area contributed by atoms with Gasteiger partial charge in [-0.05, 0) is 48.2 Å². The highest BCUT2D eigenvalue weighted by Crippen LogP contribution is 2.22. The minimum atomic E-state index is -0.577. The summed E-state index contributed by atoms with van der Waals surface area (Å²) >= 11 is 6.27. The summed E-state index contributed by atoms with van der Waals surface area (Å²) in [5.74, 6) is -0.472. The van der Waals surface area contributed by atoms with E-state index in [9.17, 15) is 14.7 Å². The summed E-state index contributed by atoms with van der Waals surface area (Å²) in [4.78, 5) is 32.9. The second kappa shape index (κ2) is 13.8.